The molecule has 4 N–H and O–H groups in total. The summed E-state index contributed by atoms with van der Waals surface area (Å²) >= 11 is 0. The van der Waals surface area contributed by atoms with Gasteiger partial charge in [0.25, 0.3) is 0 Å². The SMILES string of the molecule is C[C@@H](O)[C@@H]1ON2C(C(=O)O)=C(C(C)(C)CCCN)C[C@H]12. The van der Waals surface area contributed by atoms with Crippen LogP contribution in [0.4, 0.5) is 0 Å². The van der Waals surface area contributed by atoms with Gasteiger partial charge in [-0.25, -0.2) is 9.86 Å². The summed E-state index contributed by atoms with van der Waals surface area (Å²) in [6, 6.07) is -0.0618. The van der Waals surface area contributed by atoms with E-state index in [0.717, 1.165) is 18.4 Å². The topological polar surface area (TPSA) is 96.0 Å². The number of carbonyl (C=O) groups is 1. The number of hydrogen-bond acceptors (Lipinski definition) is 5. The van der Waals surface area contributed by atoms with E-state index in [-0.39, 0.29) is 23.3 Å². The van der Waals surface area contributed by atoms with Gasteiger partial charge in [0.05, 0.1) is 12.1 Å². The first kappa shape index (κ1) is 15.3. The second kappa shape index (κ2) is 5.35. The molecule has 6 nitrogen and oxygen atoms in total. The van der Waals surface area contributed by atoms with E-state index in [1.807, 2.05) is 13.8 Å². The average molecular weight is 284 g/mol. The van der Waals surface area contributed by atoms with Crippen molar-refractivity contribution in [2.24, 2.45) is 11.1 Å². The molecule has 0 aromatic heterocycles. The van der Waals surface area contributed by atoms with Crippen molar-refractivity contribution in [1.82, 2.24) is 5.06 Å². The molecule has 2 aliphatic heterocycles. The third kappa shape index (κ3) is 2.43. The molecule has 2 heterocycles. The number of carboxylic acid groups (broad SMARTS) is 1. The third-order valence-electron chi connectivity index (χ3n) is 4.34. The first-order valence-corrected chi connectivity index (χ1v) is 7.10. The summed E-state index contributed by atoms with van der Waals surface area (Å²) in [4.78, 5) is 17.0. The van der Waals surface area contributed by atoms with E-state index >= 15 is 0 Å². The van der Waals surface area contributed by atoms with Gasteiger partial charge in [-0.2, -0.15) is 0 Å². The Hall–Kier alpha value is -1.11. The molecule has 0 spiro atoms. The number of nitrogens with two attached hydrogens (primary N) is 1. The molecule has 0 aromatic rings. The molecule has 0 bridgehead atoms. The number of fused-ring (bicyclic) bond motifs is 1. The van der Waals surface area contributed by atoms with E-state index in [2.05, 4.69) is 0 Å². The molecule has 114 valence electrons. The highest BCUT2D eigenvalue weighted by Gasteiger charge is 2.53. The van der Waals surface area contributed by atoms with Crippen LogP contribution >= 0.6 is 0 Å². The zero-order valence-corrected chi connectivity index (χ0v) is 12.3. The summed E-state index contributed by atoms with van der Waals surface area (Å²) in [6.45, 7) is 6.35. The standard InChI is InChI=1S/C14H24N2O4/c1-8(17)12-10-7-9(14(2,3)5-4-6-15)11(13(18)19)16(10)20-12/h8,10,12,17H,4-7,15H2,1-3H3,(H,18,19)/t8-,10-,12+/m1/s1. The van der Waals surface area contributed by atoms with Crippen molar-refractivity contribution in [1.29, 1.82) is 0 Å². The Morgan fingerprint density at radius 2 is 2.25 bits per heavy atom. The second-order valence-corrected chi connectivity index (χ2v) is 6.32. The first-order valence-electron chi connectivity index (χ1n) is 7.10. The normalized spacial score (nSPS) is 27.4. The highest BCUT2D eigenvalue weighted by Crippen LogP contribution is 2.48. The van der Waals surface area contributed by atoms with Crippen LogP contribution in [-0.4, -0.2) is 46.0 Å². The molecule has 0 aromatic carbocycles. The van der Waals surface area contributed by atoms with Crippen LogP contribution in [0.1, 0.15) is 40.0 Å². The van der Waals surface area contributed by atoms with Crippen LogP contribution in [0.2, 0.25) is 0 Å². The van der Waals surface area contributed by atoms with Crippen molar-refractivity contribution < 1.29 is 19.8 Å². The lowest BCUT2D eigenvalue weighted by Gasteiger charge is -2.45. The van der Waals surface area contributed by atoms with E-state index in [4.69, 9.17) is 10.6 Å². The maximum Gasteiger partial charge on any atom is 0.354 e. The van der Waals surface area contributed by atoms with Gasteiger partial charge in [0.2, 0.25) is 0 Å². The summed E-state index contributed by atoms with van der Waals surface area (Å²) in [5.74, 6) is -0.965. The van der Waals surface area contributed by atoms with Gasteiger partial charge in [0.1, 0.15) is 11.8 Å². The highest BCUT2D eigenvalue weighted by atomic mass is 16.7. The monoisotopic (exact) mass is 284 g/mol. The van der Waals surface area contributed by atoms with Gasteiger partial charge in [0.15, 0.2) is 0 Å². The fourth-order valence-corrected chi connectivity index (χ4v) is 3.13. The Balaban J connectivity index is 2.23. The summed E-state index contributed by atoms with van der Waals surface area (Å²) in [5, 5.41) is 20.6. The zero-order valence-electron chi connectivity index (χ0n) is 12.3. The van der Waals surface area contributed by atoms with E-state index in [9.17, 15) is 15.0 Å². The maximum atomic E-state index is 11.5. The van der Waals surface area contributed by atoms with Crippen LogP contribution in [0.25, 0.3) is 0 Å². The molecule has 6 heteroatoms. The van der Waals surface area contributed by atoms with Crippen molar-refractivity contribution in [3.8, 4) is 0 Å². The summed E-state index contributed by atoms with van der Waals surface area (Å²) in [5.41, 5.74) is 6.47. The van der Waals surface area contributed by atoms with Crippen LogP contribution < -0.4 is 5.73 Å². The Morgan fingerprint density at radius 3 is 2.75 bits per heavy atom. The van der Waals surface area contributed by atoms with E-state index in [0.29, 0.717) is 13.0 Å². The van der Waals surface area contributed by atoms with Crippen molar-refractivity contribution >= 4 is 5.97 Å². The van der Waals surface area contributed by atoms with E-state index in [1.165, 1.54) is 5.06 Å². The second-order valence-electron chi connectivity index (χ2n) is 6.32. The van der Waals surface area contributed by atoms with Crippen LogP contribution in [0.15, 0.2) is 11.3 Å². The summed E-state index contributed by atoms with van der Waals surface area (Å²) < 4.78 is 0. The first-order chi connectivity index (χ1) is 9.29. The lowest BCUT2D eigenvalue weighted by Crippen LogP contribution is -2.59. The molecule has 0 unspecified atom stereocenters. The molecule has 0 aliphatic carbocycles. The lowest BCUT2D eigenvalue weighted by atomic mass is 9.77. The van der Waals surface area contributed by atoms with Gasteiger partial charge in [-0.15, -0.1) is 0 Å². The Morgan fingerprint density at radius 1 is 1.60 bits per heavy atom. The maximum absolute atomic E-state index is 11.5. The number of nitrogens with zero attached hydrogens (tertiary/aromatic N) is 1. The summed E-state index contributed by atoms with van der Waals surface area (Å²) in [7, 11) is 0. The van der Waals surface area contributed by atoms with E-state index < -0.39 is 12.1 Å². The Kier molecular flexibility index (Phi) is 4.09. The predicted molar refractivity (Wildman–Crippen MR) is 73.5 cm³/mol. The van der Waals surface area contributed by atoms with Crippen molar-refractivity contribution in [2.45, 2.75) is 58.3 Å². The van der Waals surface area contributed by atoms with Gasteiger partial charge in [-0.1, -0.05) is 13.8 Å². The molecule has 0 radical (unpaired) electrons. The van der Waals surface area contributed by atoms with Crippen molar-refractivity contribution in [3.05, 3.63) is 11.3 Å². The Bertz CT molecular complexity index is 431. The predicted octanol–water partition coefficient (Wildman–Crippen LogP) is 0.859. The number of hydroxylamine groups is 2. The van der Waals surface area contributed by atoms with Crippen LogP contribution in [0.3, 0.4) is 0 Å². The molecule has 2 aliphatic rings. The molecule has 2 rings (SSSR count). The number of aliphatic hydroxyl groups is 1. The van der Waals surface area contributed by atoms with Gasteiger partial charge in [-0.3, -0.25) is 4.84 Å². The largest absolute Gasteiger partial charge is 0.477 e. The number of carboxylic acids is 1. The number of aliphatic carboxylic acids is 1. The van der Waals surface area contributed by atoms with Crippen LogP contribution in [0, 0.1) is 5.41 Å². The minimum atomic E-state index is -0.965. The van der Waals surface area contributed by atoms with Crippen LogP contribution in [-0.2, 0) is 9.63 Å². The van der Waals surface area contributed by atoms with Gasteiger partial charge in [-0.05, 0) is 43.7 Å². The molecule has 0 amide bonds. The van der Waals surface area contributed by atoms with Crippen LogP contribution in [0.5, 0.6) is 0 Å². The summed E-state index contributed by atoms with van der Waals surface area (Å²) in [6.07, 6.45) is 1.42. The molecule has 3 atom stereocenters. The zero-order chi connectivity index (χ0) is 15.1. The number of aliphatic hydroxyl groups excluding tert-OH is 1. The molecule has 1 fully saturated rings. The van der Waals surface area contributed by atoms with Gasteiger partial charge >= 0.3 is 5.97 Å². The molecule has 1 saturated heterocycles. The Labute approximate surface area is 119 Å². The van der Waals surface area contributed by atoms with Gasteiger partial charge in [0, 0.05) is 0 Å². The third-order valence-corrected chi connectivity index (χ3v) is 4.34. The smallest absolute Gasteiger partial charge is 0.354 e. The highest BCUT2D eigenvalue weighted by molar-refractivity contribution is 5.88. The van der Waals surface area contributed by atoms with E-state index in [1.54, 1.807) is 6.92 Å². The number of rotatable bonds is 6. The molecule has 20 heavy (non-hydrogen) atoms. The fraction of sp³-hybridized carbons (Fsp3) is 0.786. The van der Waals surface area contributed by atoms with Crippen molar-refractivity contribution in [2.75, 3.05) is 6.54 Å². The molecule has 0 saturated carbocycles. The fourth-order valence-electron chi connectivity index (χ4n) is 3.13. The van der Waals surface area contributed by atoms with Crippen molar-refractivity contribution in [3.63, 3.8) is 0 Å². The lowest BCUT2D eigenvalue weighted by molar-refractivity contribution is -0.328. The van der Waals surface area contributed by atoms with Gasteiger partial charge < -0.3 is 15.9 Å². The number of hydrogen-bond donors (Lipinski definition) is 3. The molecular formula is C14H24N2O4. The quantitative estimate of drug-likeness (QED) is 0.669. The minimum Gasteiger partial charge on any atom is -0.477 e. The minimum absolute atomic E-state index is 0.0618. The average Bonchev–Trinajstić information content (AvgIpc) is 2.60. The molecular weight excluding hydrogens is 260 g/mol.